The first kappa shape index (κ1) is 30.5. The number of amides is 2. The molecule has 9 heteroatoms. The van der Waals surface area contributed by atoms with Gasteiger partial charge in [0.15, 0.2) is 0 Å². The zero-order valence-corrected chi connectivity index (χ0v) is 24.4. The van der Waals surface area contributed by atoms with E-state index in [2.05, 4.69) is 5.32 Å². The number of carbonyl (C=O) groups is 2. The first-order chi connectivity index (χ1) is 20.2. The van der Waals surface area contributed by atoms with Crippen LogP contribution in [0.1, 0.15) is 23.6 Å². The molecule has 4 rings (SSSR count). The van der Waals surface area contributed by atoms with Gasteiger partial charge in [0.25, 0.3) is 10.0 Å². The third-order valence-corrected chi connectivity index (χ3v) is 8.61. The van der Waals surface area contributed by atoms with E-state index in [1.54, 1.807) is 19.1 Å². The van der Waals surface area contributed by atoms with Crippen molar-refractivity contribution >= 4 is 27.5 Å². The largest absolute Gasteiger partial charge is 0.355 e. The topological polar surface area (TPSA) is 86.8 Å². The van der Waals surface area contributed by atoms with Crippen molar-refractivity contribution in [2.75, 3.05) is 17.4 Å². The second kappa shape index (κ2) is 13.9. The lowest BCUT2D eigenvalue weighted by atomic mass is 10.0. The molecule has 1 N–H and O–H groups in total. The number of sulfonamides is 1. The summed E-state index contributed by atoms with van der Waals surface area (Å²) >= 11 is 0. The molecule has 0 fully saturated rings. The molecule has 1 atom stereocenters. The predicted octanol–water partition coefficient (Wildman–Crippen LogP) is 5.11. The molecular formula is C33H34FN3O4S. The van der Waals surface area contributed by atoms with Gasteiger partial charge in [-0.25, -0.2) is 12.8 Å². The zero-order chi connectivity index (χ0) is 30.1. The highest BCUT2D eigenvalue weighted by atomic mass is 32.2. The maximum Gasteiger partial charge on any atom is 0.264 e. The molecule has 1 unspecified atom stereocenters. The van der Waals surface area contributed by atoms with Crippen LogP contribution in [0.4, 0.5) is 10.1 Å². The lowest BCUT2D eigenvalue weighted by Gasteiger charge is -2.33. The number of anilines is 1. The number of likely N-dealkylation sites (N-methyl/N-ethyl adjacent to an activating group) is 1. The molecule has 0 aromatic heterocycles. The van der Waals surface area contributed by atoms with Gasteiger partial charge in [-0.15, -0.1) is 0 Å². The summed E-state index contributed by atoms with van der Waals surface area (Å²) in [7, 11) is -4.24. The van der Waals surface area contributed by atoms with Gasteiger partial charge in [-0.3, -0.25) is 13.9 Å². The third-order valence-electron chi connectivity index (χ3n) is 6.82. The first-order valence-corrected chi connectivity index (χ1v) is 15.1. The number of hydrogen-bond donors (Lipinski definition) is 1. The van der Waals surface area contributed by atoms with E-state index in [1.165, 1.54) is 29.2 Å². The van der Waals surface area contributed by atoms with Crippen LogP contribution >= 0.6 is 0 Å². The van der Waals surface area contributed by atoms with Gasteiger partial charge >= 0.3 is 0 Å². The molecule has 4 aromatic carbocycles. The second-order valence-corrected chi connectivity index (χ2v) is 11.8. The molecule has 0 spiro atoms. The van der Waals surface area contributed by atoms with Crippen LogP contribution in [0.25, 0.3) is 0 Å². The second-order valence-electron chi connectivity index (χ2n) is 9.91. The average molecular weight is 588 g/mol. The Morgan fingerprint density at radius 3 is 1.95 bits per heavy atom. The van der Waals surface area contributed by atoms with Crippen molar-refractivity contribution < 1.29 is 22.4 Å². The van der Waals surface area contributed by atoms with Crippen LogP contribution in [-0.2, 0) is 32.6 Å². The van der Waals surface area contributed by atoms with E-state index in [4.69, 9.17) is 0 Å². The smallest absolute Gasteiger partial charge is 0.264 e. The third kappa shape index (κ3) is 7.61. The number of nitrogens with zero attached hydrogens (tertiary/aromatic N) is 2. The summed E-state index contributed by atoms with van der Waals surface area (Å²) in [5, 5.41) is 2.83. The lowest BCUT2D eigenvalue weighted by molar-refractivity contribution is -0.140. The van der Waals surface area contributed by atoms with Gasteiger partial charge in [-0.1, -0.05) is 78.4 Å². The van der Waals surface area contributed by atoms with Crippen LogP contribution in [-0.4, -0.2) is 44.3 Å². The minimum absolute atomic E-state index is 0.00982. The Hall–Kier alpha value is -4.50. The fraction of sp³-hybridized carbons (Fsp3) is 0.212. The van der Waals surface area contributed by atoms with Crippen molar-refractivity contribution in [1.82, 2.24) is 10.2 Å². The highest BCUT2D eigenvalue weighted by Crippen LogP contribution is 2.25. The van der Waals surface area contributed by atoms with Gasteiger partial charge < -0.3 is 10.2 Å². The summed E-state index contributed by atoms with van der Waals surface area (Å²) in [4.78, 5) is 29.1. The SMILES string of the molecule is CCNC(=O)C(Cc1ccccc1)N(Cc1ccccc1)C(=O)CN(c1ccc(F)cc1)S(=O)(=O)c1ccc(C)cc1. The Kier molecular flexibility index (Phi) is 10.1. The number of hydrogen-bond acceptors (Lipinski definition) is 4. The summed E-state index contributed by atoms with van der Waals surface area (Å²) < 4.78 is 42.7. The molecule has 0 bridgehead atoms. The lowest BCUT2D eigenvalue weighted by Crippen LogP contribution is -2.53. The summed E-state index contributed by atoms with van der Waals surface area (Å²) in [6.07, 6.45) is 0.229. The van der Waals surface area contributed by atoms with Crippen LogP contribution < -0.4 is 9.62 Å². The van der Waals surface area contributed by atoms with Gasteiger partial charge in [0.05, 0.1) is 10.6 Å². The van der Waals surface area contributed by atoms with Crippen LogP contribution in [0.5, 0.6) is 0 Å². The minimum Gasteiger partial charge on any atom is -0.355 e. The van der Waals surface area contributed by atoms with Crippen molar-refractivity contribution in [3.8, 4) is 0 Å². The first-order valence-electron chi connectivity index (χ1n) is 13.7. The number of benzene rings is 4. The van der Waals surface area contributed by atoms with E-state index in [0.29, 0.717) is 6.54 Å². The van der Waals surface area contributed by atoms with Crippen molar-refractivity contribution in [3.63, 3.8) is 0 Å². The number of nitrogens with one attached hydrogen (secondary N) is 1. The van der Waals surface area contributed by atoms with Crippen molar-refractivity contribution in [1.29, 1.82) is 0 Å². The number of aryl methyl sites for hydroxylation is 1. The molecule has 0 aliphatic carbocycles. The highest BCUT2D eigenvalue weighted by molar-refractivity contribution is 7.92. The maximum absolute atomic E-state index is 14.2. The van der Waals surface area contributed by atoms with Crippen LogP contribution in [0.15, 0.2) is 114 Å². The van der Waals surface area contributed by atoms with Crippen molar-refractivity contribution in [2.45, 2.75) is 37.8 Å². The monoisotopic (exact) mass is 587 g/mol. The molecule has 0 saturated carbocycles. The summed E-state index contributed by atoms with van der Waals surface area (Å²) in [6, 6.07) is 28.9. The Morgan fingerprint density at radius 1 is 0.810 bits per heavy atom. The normalized spacial score (nSPS) is 11.9. The van der Waals surface area contributed by atoms with Crippen LogP contribution in [0.2, 0.25) is 0 Å². The molecule has 218 valence electrons. The number of halogens is 1. The Labute approximate surface area is 246 Å². The van der Waals surface area contributed by atoms with E-state index in [0.717, 1.165) is 33.1 Å². The van der Waals surface area contributed by atoms with E-state index < -0.39 is 34.3 Å². The molecule has 0 heterocycles. The van der Waals surface area contributed by atoms with Gasteiger partial charge in [-0.2, -0.15) is 0 Å². The standard InChI is InChI=1S/C33H34FN3O4S/c1-3-35-33(39)31(22-26-10-6-4-7-11-26)36(23-27-12-8-5-9-13-27)32(38)24-37(29-18-16-28(34)17-19-29)42(40,41)30-20-14-25(2)15-21-30/h4-21,31H,3,22-24H2,1-2H3,(H,35,39). The molecule has 0 saturated heterocycles. The van der Waals surface area contributed by atoms with Gasteiger partial charge in [0, 0.05) is 19.5 Å². The molecule has 0 aliphatic heterocycles. The fourth-order valence-corrected chi connectivity index (χ4v) is 6.01. The molecule has 42 heavy (non-hydrogen) atoms. The molecule has 2 amide bonds. The van der Waals surface area contributed by atoms with Gasteiger partial charge in [-0.05, 0) is 61.4 Å². The minimum atomic E-state index is -4.24. The Morgan fingerprint density at radius 2 is 1.38 bits per heavy atom. The average Bonchev–Trinajstić information content (AvgIpc) is 2.99. The van der Waals surface area contributed by atoms with E-state index in [-0.39, 0.29) is 29.5 Å². The van der Waals surface area contributed by atoms with Crippen LogP contribution in [0, 0.1) is 12.7 Å². The number of rotatable bonds is 12. The summed E-state index contributed by atoms with van der Waals surface area (Å²) in [5.41, 5.74) is 2.63. The van der Waals surface area contributed by atoms with Gasteiger partial charge in [0.1, 0.15) is 18.4 Å². The van der Waals surface area contributed by atoms with E-state index in [9.17, 15) is 22.4 Å². The van der Waals surface area contributed by atoms with Crippen LogP contribution in [0.3, 0.4) is 0 Å². The highest BCUT2D eigenvalue weighted by Gasteiger charge is 2.34. The van der Waals surface area contributed by atoms with Crippen molar-refractivity contribution in [2.24, 2.45) is 0 Å². The maximum atomic E-state index is 14.2. The van der Waals surface area contributed by atoms with Crippen molar-refractivity contribution in [3.05, 3.63) is 132 Å². The quantitative estimate of drug-likeness (QED) is 0.250. The predicted molar refractivity (Wildman–Crippen MR) is 162 cm³/mol. The fourth-order valence-electron chi connectivity index (χ4n) is 4.60. The van der Waals surface area contributed by atoms with Gasteiger partial charge in [0.2, 0.25) is 11.8 Å². The zero-order valence-electron chi connectivity index (χ0n) is 23.6. The summed E-state index contributed by atoms with van der Waals surface area (Å²) in [5.74, 6) is -1.46. The van der Waals surface area contributed by atoms with E-state index in [1.807, 2.05) is 67.6 Å². The summed E-state index contributed by atoms with van der Waals surface area (Å²) in [6.45, 7) is 3.48. The molecule has 4 aromatic rings. The molecular weight excluding hydrogens is 553 g/mol. The van der Waals surface area contributed by atoms with E-state index >= 15 is 0 Å². The molecule has 0 radical (unpaired) electrons. The Balaban J connectivity index is 1.77. The molecule has 0 aliphatic rings. The number of carbonyl (C=O) groups excluding carboxylic acids is 2. The molecule has 7 nitrogen and oxygen atoms in total. The Bertz CT molecular complexity index is 1580.